The first kappa shape index (κ1) is 11.6. The Morgan fingerprint density at radius 1 is 1.05 bits per heavy atom. The Labute approximate surface area is 111 Å². The van der Waals surface area contributed by atoms with Crippen molar-refractivity contribution in [3.8, 4) is 0 Å². The molecule has 2 bridgehead atoms. The Morgan fingerprint density at radius 2 is 1.63 bits per heavy atom. The Hall–Kier alpha value is -1.17. The van der Waals surface area contributed by atoms with Gasteiger partial charge in [0.15, 0.2) is 9.84 Å². The van der Waals surface area contributed by atoms with Gasteiger partial charge in [0.25, 0.3) is 0 Å². The average Bonchev–Trinajstić information content (AvgIpc) is 3.06. The summed E-state index contributed by atoms with van der Waals surface area (Å²) < 4.78 is 24.0. The predicted octanol–water partition coefficient (Wildman–Crippen LogP) is 0.328. The Morgan fingerprint density at radius 3 is 2.11 bits per heavy atom. The lowest BCUT2D eigenvalue weighted by Crippen LogP contribution is -2.44. The zero-order valence-corrected chi connectivity index (χ0v) is 11.2. The largest absolute Gasteiger partial charge is 0.274 e. The molecule has 19 heavy (non-hydrogen) atoms. The lowest BCUT2D eigenvalue weighted by Gasteiger charge is -2.23. The van der Waals surface area contributed by atoms with Gasteiger partial charge in [-0.15, -0.1) is 0 Å². The molecule has 0 N–H and O–H groups in total. The van der Waals surface area contributed by atoms with E-state index in [-0.39, 0.29) is 41.2 Å². The maximum absolute atomic E-state index is 12.5. The molecule has 6 heteroatoms. The van der Waals surface area contributed by atoms with Crippen LogP contribution >= 0.6 is 0 Å². The Bertz CT molecular complexity index is 578. The number of sulfone groups is 1. The van der Waals surface area contributed by atoms with Crippen LogP contribution in [0.5, 0.6) is 0 Å². The second kappa shape index (κ2) is 3.48. The van der Waals surface area contributed by atoms with Crippen molar-refractivity contribution in [3.05, 3.63) is 12.2 Å². The van der Waals surface area contributed by atoms with Crippen LogP contribution in [0.25, 0.3) is 0 Å². The highest BCUT2D eigenvalue weighted by Gasteiger charge is 2.61. The number of rotatable bonds is 1. The quantitative estimate of drug-likeness (QED) is 0.513. The van der Waals surface area contributed by atoms with Crippen molar-refractivity contribution < 1.29 is 18.0 Å². The van der Waals surface area contributed by atoms with Gasteiger partial charge >= 0.3 is 0 Å². The highest BCUT2D eigenvalue weighted by atomic mass is 32.2. The van der Waals surface area contributed by atoms with Gasteiger partial charge in [-0.1, -0.05) is 12.2 Å². The van der Waals surface area contributed by atoms with Crippen LogP contribution in [0.1, 0.15) is 19.3 Å². The van der Waals surface area contributed by atoms with Crippen molar-refractivity contribution in [1.29, 1.82) is 0 Å². The highest BCUT2D eigenvalue weighted by molar-refractivity contribution is 7.92. The van der Waals surface area contributed by atoms with Crippen LogP contribution in [0.2, 0.25) is 0 Å². The first-order chi connectivity index (χ1) is 9.00. The summed E-state index contributed by atoms with van der Waals surface area (Å²) in [5.74, 6) is -0.711. The van der Waals surface area contributed by atoms with Gasteiger partial charge in [-0.2, -0.15) is 0 Å². The van der Waals surface area contributed by atoms with Crippen LogP contribution in [0.4, 0.5) is 0 Å². The van der Waals surface area contributed by atoms with E-state index in [2.05, 4.69) is 0 Å². The summed E-state index contributed by atoms with van der Waals surface area (Å²) in [6, 6.07) is 0. The second-order valence-corrected chi connectivity index (χ2v) is 8.29. The van der Waals surface area contributed by atoms with Crippen molar-refractivity contribution in [2.75, 3.05) is 5.75 Å². The van der Waals surface area contributed by atoms with Crippen molar-refractivity contribution in [2.45, 2.75) is 24.6 Å². The molecule has 5 atom stereocenters. The topological polar surface area (TPSA) is 71.5 Å². The van der Waals surface area contributed by atoms with Crippen molar-refractivity contribution in [2.24, 2.45) is 23.7 Å². The summed E-state index contributed by atoms with van der Waals surface area (Å²) >= 11 is 0. The van der Waals surface area contributed by atoms with Crippen molar-refractivity contribution in [1.82, 2.24) is 4.90 Å². The molecule has 0 aromatic heterocycles. The molecular formula is C13H15NO4S. The van der Waals surface area contributed by atoms with Gasteiger partial charge in [-0.3, -0.25) is 14.5 Å². The van der Waals surface area contributed by atoms with Gasteiger partial charge in [0.2, 0.25) is 11.8 Å². The van der Waals surface area contributed by atoms with Crippen molar-refractivity contribution >= 4 is 21.7 Å². The average molecular weight is 281 g/mol. The van der Waals surface area contributed by atoms with E-state index in [4.69, 9.17) is 0 Å². The standard InChI is InChI=1S/C13H15NO4S/c15-12-10-7-3-4-8(6-7)11(10)13(16)14(12)9-2-1-5-19(9,17)18/h3-4,7-11H,1-2,5-6H2. The van der Waals surface area contributed by atoms with Gasteiger partial charge < -0.3 is 0 Å². The van der Waals surface area contributed by atoms with Crippen LogP contribution in [0.3, 0.4) is 0 Å². The SMILES string of the molecule is O=C1C2C3C=CC(C3)C2C(=O)N1C1CCCS1(=O)=O. The molecule has 3 fully saturated rings. The summed E-state index contributed by atoms with van der Waals surface area (Å²) in [4.78, 5) is 26.0. The van der Waals surface area contributed by atoms with Crippen LogP contribution in [0, 0.1) is 23.7 Å². The van der Waals surface area contributed by atoms with Crippen LogP contribution < -0.4 is 0 Å². The molecule has 1 saturated carbocycles. The van der Waals surface area contributed by atoms with Gasteiger partial charge in [-0.05, 0) is 31.1 Å². The van der Waals surface area contributed by atoms with E-state index < -0.39 is 15.2 Å². The van der Waals surface area contributed by atoms with E-state index in [1.807, 2.05) is 12.2 Å². The molecule has 0 aromatic carbocycles. The monoisotopic (exact) mass is 281 g/mol. The summed E-state index contributed by atoms with van der Waals surface area (Å²) in [6.07, 6.45) is 5.86. The first-order valence-corrected chi connectivity index (χ1v) is 8.49. The van der Waals surface area contributed by atoms with E-state index in [9.17, 15) is 18.0 Å². The number of carbonyl (C=O) groups excluding carboxylic acids is 2. The van der Waals surface area contributed by atoms with E-state index in [1.165, 1.54) is 0 Å². The third-order valence-corrected chi connectivity index (χ3v) is 7.22. The van der Waals surface area contributed by atoms with Crippen LogP contribution in [-0.2, 0) is 19.4 Å². The fourth-order valence-electron chi connectivity index (χ4n) is 4.27. The zero-order valence-electron chi connectivity index (χ0n) is 10.4. The minimum absolute atomic E-state index is 0.0924. The molecule has 2 aliphatic carbocycles. The molecule has 0 spiro atoms. The van der Waals surface area contributed by atoms with Gasteiger partial charge in [0.05, 0.1) is 17.6 Å². The number of nitrogens with zero attached hydrogens (tertiary/aromatic N) is 1. The number of amides is 2. The smallest absolute Gasteiger partial charge is 0.234 e. The molecule has 0 radical (unpaired) electrons. The molecule has 2 heterocycles. The van der Waals surface area contributed by atoms with E-state index in [0.717, 1.165) is 11.3 Å². The molecule has 102 valence electrons. The third kappa shape index (κ3) is 1.33. The molecule has 4 rings (SSSR count). The number of likely N-dealkylation sites (tertiary alicyclic amines) is 1. The van der Waals surface area contributed by atoms with E-state index in [1.54, 1.807) is 0 Å². The third-order valence-electron chi connectivity index (χ3n) is 5.09. The number of allylic oxidation sites excluding steroid dienone is 2. The molecule has 0 aromatic rings. The minimum Gasteiger partial charge on any atom is -0.274 e. The minimum atomic E-state index is -3.32. The molecule has 4 aliphatic rings. The number of fused-ring (bicyclic) bond motifs is 5. The maximum Gasteiger partial charge on any atom is 0.234 e. The summed E-state index contributed by atoms with van der Waals surface area (Å²) in [5, 5.41) is -0.891. The Balaban J connectivity index is 1.73. The van der Waals surface area contributed by atoms with Gasteiger partial charge in [0.1, 0.15) is 5.37 Å². The summed E-state index contributed by atoms with van der Waals surface area (Å²) in [5.41, 5.74) is 0. The van der Waals surface area contributed by atoms with E-state index >= 15 is 0 Å². The van der Waals surface area contributed by atoms with Gasteiger partial charge in [-0.25, -0.2) is 8.42 Å². The van der Waals surface area contributed by atoms with Crippen molar-refractivity contribution in [3.63, 3.8) is 0 Å². The number of hydrogen-bond donors (Lipinski definition) is 0. The van der Waals surface area contributed by atoms with E-state index in [0.29, 0.717) is 12.8 Å². The first-order valence-electron chi connectivity index (χ1n) is 6.77. The zero-order chi connectivity index (χ0) is 13.4. The molecule has 5 unspecified atom stereocenters. The molecule has 2 amide bonds. The molecule has 2 aliphatic heterocycles. The maximum atomic E-state index is 12.5. The van der Waals surface area contributed by atoms with Gasteiger partial charge in [0, 0.05) is 0 Å². The number of imide groups is 1. The van der Waals surface area contributed by atoms with Crippen LogP contribution in [-0.4, -0.2) is 36.3 Å². The fourth-order valence-corrected chi connectivity index (χ4v) is 6.17. The molecular weight excluding hydrogens is 266 g/mol. The summed E-state index contributed by atoms with van der Waals surface area (Å²) in [7, 11) is -3.32. The predicted molar refractivity (Wildman–Crippen MR) is 66.4 cm³/mol. The normalized spacial score (nSPS) is 46.3. The lowest BCUT2D eigenvalue weighted by atomic mass is 9.85. The lowest BCUT2D eigenvalue weighted by molar-refractivity contribution is -0.141. The summed E-state index contributed by atoms with van der Waals surface area (Å²) in [6.45, 7) is 0. The molecule has 2 saturated heterocycles. The number of hydrogen-bond acceptors (Lipinski definition) is 4. The van der Waals surface area contributed by atoms with Crippen LogP contribution in [0.15, 0.2) is 12.2 Å². The highest BCUT2D eigenvalue weighted by Crippen LogP contribution is 2.53. The fraction of sp³-hybridized carbons (Fsp3) is 0.692. The Kier molecular flexibility index (Phi) is 2.13. The molecule has 5 nitrogen and oxygen atoms in total. The second-order valence-electron chi connectivity index (χ2n) is 6.01. The number of carbonyl (C=O) groups is 2.